The number of nitrogens with one attached hydrogen (secondary N) is 2. The molecular weight excluding hydrogens is 266 g/mol. The molecule has 0 saturated heterocycles. The molecule has 2 N–H and O–H groups in total. The minimum absolute atomic E-state index is 0.382. The van der Waals surface area contributed by atoms with E-state index in [1.165, 1.54) is 19.3 Å². The largest absolute Gasteiger partial charge is 0.464 e. The average molecular weight is 293 g/mol. The zero-order valence-corrected chi connectivity index (χ0v) is 13.4. The Labute approximate surface area is 127 Å². The molecule has 1 saturated carbocycles. The van der Waals surface area contributed by atoms with Crippen molar-refractivity contribution in [3.63, 3.8) is 0 Å². The lowest BCUT2D eigenvalue weighted by Gasteiger charge is -2.16. The summed E-state index contributed by atoms with van der Waals surface area (Å²) in [6, 6.07) is 0.382. The summed E-state index contributed by atoms with van der Waals surface area (Å²) in [5.74, 6) is 2.68. The highest BCUT2D eigenvalue weighted by atomic mass is 16.5. The van der Waals surface area contributed by atoms with E-state index in [2.05, 4.69) is 39.4 Å². The van der Waals surface area contributed by atoms with E-state index in [1.807, 2.05) is 6.92 Å². The Morgan fingerprint density at radius 3 is 2.48 bits per heavy atom. The first kappa shape index (κ1) is 15.8. The molecule has 0 radical (unpaired) electrons. The predicted molar refractivity (Wildman–Crippen MR) is 84.8 cm³/mol. The molecule has 1 aromatic heterocycles. The molecule has 1 aliphatic rings. The summed E-state index contributed by atoms with van der Waals surface area (Å²) in [7, 11) is 0. The van der Waals surface area contributed by atoms with Gasteiger partial charge < -0.3 is 15.4 Å². The minimum Gasteiger partial charge on any atom is -0.464 e. The summed E-state index contributed by atoms with van der Waals surface area (Å²) in [5.41, 5.74) is 0. The van der Waals surface area contributed by atoms with Gasteiger partial charge in [0.2, 0.25) is 11.9 Å². The fraction of sp³-hybridized carbons (Fsp3) is 0.800. The van der Waals surface area contributed by atoms with E-state index >= 15 is 0 Å². The summed E-state index contributed by atoms with van der Waals surface area (Å²) in [6.45, 7) is 8.68. The van der Waals surface area contributed by atoms with Crippen LogP contribution in [0, 0.1) is 11.8 Å². The van der Waals surface area contributed by atoms with Crippen molar-refractivity contribution in [2.75, 3.05) is 30.3 Å². The molecule has 1 aliphatic carbocycles. The van der Waals surface area contributed by atoms with Crippen molar-refractivity contribution in [2.45, 2.75) is 46.5 Å². The Balaban J connectivity index is 2.00. The Morgan fingerprint density at radius 2 is 1.86 bits per heavy atom. The van der Waals surface area contributed by atoms with E-state index in [0.29, 0.717) is 30.4 Å². The van der Waals surface area contributed by atoms with E-state index in [-0.39, 0.29) is 0 Å². The Kier molecular flexibility index (Phi) is 6.02. The molecule has 0 aliphatic heterocycles. The second kappa shape index (κ2) is 8.00. The van der Waals surface area contributed by atoms with Crippen LogP contribution in [0.4, 0.5) is 11.9 Å². The van der Waals surface area contributed by atoms with Crippen molar-refractivity contribution in [1.29, 1.82) is 0 Å². The van der Waals surface area contributed by atoms with E-state index in [9.17, 15) is 0 Å². The lowest BCUT2D eigenvalue weighted by Crippen LogP contribution is -2.19. The van der Waals surface area contributed by atoms with Gasteiger partial charge in [-0.15, -0.1) is 0 Å². The third-order valence-electron chi connectivity index (χ3n) is 3.98. The van der Waals surface area contributed by atoms with Crippen molar-refractivity contribution in [3.05, 3.63) is 0 Å². The van der Waals surface area contributed by atoms with E-state index < -0.39 is 0 Å². The Morgan fingerprint density at radius 1 is 1.10 bits per heavy atom. The second-order valence-electron chi connectivity index (χ2n) is 5.67. The Bertz CT molecular complexity index is 440. The molecule has 21 heavy (non-hydrogen) atoms. The van der Waals surface area contributed by atoms with E-state index in [4.69, 9.17) is 4.74 Å². The summed E-state index contributed by atoms with van der Waals surface area (Å²) < 4.78 is 5.42. The number of hydrogen-bond acceptors (Lipinski definition) is 6. The summed E-state index contributed by atoms with van der Waals surface area (Å²) in [6.07, 6.45) is 4.98. The molecule has 2 atom stereocenters. The Hall–Kier alpha value is -1.59. The number of hydrogen-bond donors (Lipinski definition) is 2. The smallest absolute Gasteiger partial charge is 0.323 e. The zero-order chi connectivity index (χ0) is 15.1. The minimum atomic E-state index is 0.382. The van der Waals surface area contributed by atoms with Crippen LogP contribution < -0.4 is 15.4 Å². The molecule has 6 nitrogen and oxygen atoms in total. The van der Waals surface area contributed by atoms with Crippen molar-refractivity contribution < 1.29 is 4.74 Å². The topological polar surface area (TPSA) is 72.0 Å². The van der Waals surface area contributed by atoms with Gasteiger partial charge in [-0.2, -0.15) is 15.0 Å². The molecule has 2 unspecified atom stereocenters. The number of rotatable bonds is 8. The van der Waals surface area contributed by atoms with Crippen LogP contribution in [0.2, 0.25) is 0 Å². The zero-order valence-electron chi connectivity index (χ0n) is 13.4. The lowest BCUT2D eigenvalue weighted by molar-refractivity contribution is 0.312. The maximum Gasteiger partial charge on any atom is 0.323 e. The van der Waals surface area contributed by atoms with Crippen LogP contribution in [0.3, 0.4) is 0 Å². The quantitative estimate of drug-likeness (QED) is 0.768. The highest BCUT2D eigenvalue weighted by Gasteiger charge is 2.23. The highest BCUT2D eigenvalue weighted by Crippen LogP contribution is 2.31. The molecule has 0 bridgehead atoms. The monoisotopic (exact) mass is 293 g/mol. The SMILES string of the molecule is CCCNc1nc(NCC2CCCC2C)nc(OCC)n1. The van der Waals surface area contributed by atoms with Crippen LogP contribution in [0.15, 0.2) is 0 Å². The van der Waals surface area contributed by atoms with Crippen molar-refractivity contribution >= 4 is 11.9 Å². The molecule has 1 heterocycles. The van der Waals surface area contributed by atoms with Crippen LogP contribution >= 0.6 is 0 Å². The molecule has 0 amide bonds. The average Bonchev–Trinajstić information content (AvgIpc) is 2.88. The van der Waals surface area contributed by atoms with Crippen LogP contribution in [-0.2, 0) is 0 Å². The van der Waals surface area contributed by atoms with Gasteiger partial charge in [0.25, 0.3) is 0 Å². The summed E-state index contributed by atoms with van der Waals surface area (Å²) in [5, 5.41) is 6.54. The molecular formula is C15H27N5O. The van der Waals surface area contributed by atoms with Crippen LogP contribution in [0.1, 0.15) is 46.5 Å². The second-order valence-corrected chi connectivity index (χ2v) is 5.67. The summed E-state index contributed by atoms with van der Waals surface area (Å²) >= 11 is 0. The molecule has 2 rings (SSSR count). The van der Waals surface area contributed by atoms with Gasteiger partial charge >= 0.3 is 6.01 Å². The highest BCUT2D eigenvalue weighted by molar-refractivity contribution is 5.35. The first-order valence-corrected chi connectivity index (χ1v) is 8.09. The van der Waals surface area contributed by atoms with Crippen LogP contribution in [-0.4, -0.2) is 34.6 Å². The predicted octanol–water partition coefficient (Wildman–Crippen LogP) is 2.94. The van der Waals surface area contributed by atoms with Gasteiger partial charge in [-0.05, 0) is 31.6 Å². The van der Waals surface area contributed by atoms with Crippen LogP contribution in [0.25, 0.3) is 0 Å². The van der Waals surface area contributed by atoms with Crippen molar-refractivity contribution in [3.8, 4) is 6.01 Å². The van der Waals surface area contributed by atoms with Crippen LogP contribution in [0.5, 0.6) is 6.01 Å². The third-order valence-corrected chi connectivity index (χ3v) is 3.98. The maximum atomic E-state index is 5.42. The molecule has 0 aromatic carbocycles. The molecule has 1 fully saturated rings. The molecule has 0 spiro atoms. The van der Waals surface area contributed by atoms with Crippen molar-refractivity contribution in [1.82, 2.24) is 15.0 Å². The maximum absolute atomic E-state index is 5.42. The number of nitrogens with zero attached hydrogens (tertiary/aromatic N) is 3. The number of ether oxygens (including phenoxy) is 1. The van der Waals surface area contributed by atoms with Gasteiger partial charge in [-0.25, -0.2) is 0 Å². The first-order chi connectivity index (χ1) is 10.2. The van der Waals surface area contributed by atoms with Gasteiger partial charge in [-0.3, -0.25) is 0 Å². The van der Waals surface area contributed by atoms with Gasteiger partial charge in [0, 0.05) is 13.1 Å². The standard InChI is InChI=1S/C15H27N5O/c1-4-9-16-13-18-14(20-15(19-13)21-5-2)17-10-12-8-6-7-11(12)3/h11-12H,4-10H2,1-3H3,(H2,16,17,18,19,20). The van der Waals surface area contributed by atoms with E-state index in [1.54, 1.807) is 0 Å². The summed E-state index contributed by atoms with van der Waals surface area (Å²) in [4.78, 5) is 13.0. The van der Waals surface area contributed by atoms with Gasteiger partial charge in [0.15, 0.2) is 0 Å². The fourth-order valence-corrected chi connectivity index (χ4v) is 2.69. The molecule has 118 valence electrons. The van der Waals surface area contributed by atoms with Gasteiger partial charge in [0.05, 0.1) is 6.61 Å². The van der Waals surface area contributed by atoms with Crippen molar-refractivity contribution in [2.24, 2.45) is 11.8 Å². The normalized spacial score (nSPS) is 21.3. The van der Waals surface area contributed by atoms with Gasteiger partial charge in [0.1, 0.15) is 0 Å². The number of anilines is 2. The molecule has 6 heteroatoms. The number of aromatic nitrogens is 3. The third kappa shape index (κ3) is 4.72. The fourth-order valence-electron chi connectivity index (χ4n) is 2.69. The van der Waals surface area contributed by atoms with E-state index in [0.717, 1.165) is 25.4 Å². The first-order valence-electron chi connectivity index (χ1n) is 8.09. The lowest BCUT2D eigenvalue weighted by atomic mass is 9.98. The molecule has 1 aromatic rings. The van der Waals surface area contributed by atoms with Gasteiger partial charge in [-0.1, -0.05) is 26.7 Å².